The highest BCUT2D eigenvalue weighted by Crippen LogP contribution is 2.35. The molecule has 208 valence electrons. The third-order valence-corrected chi connectivity index (χ3v) is 6.28. The molecular weight excluding hydrogens is 533 g/mol. The Morgan fingerprint density at radius 2 is 2.10 bits per heavy atom. The molecule has 15 heteroatoms. The van der Waals surface area contributed by atoms with Gasteiger partial charge < -0.3 is 35.1 Å². The number of carbonyl (C=O) groups is 1. The Morgan fingerprint density at radius 3 is 2.77 bits per heavy atom. The van der Waals surface area contributed by atoms with Crippen molar-refractivity contribution in [3.8, 4) is 17.6 Å². The van der Waals surface area contributed by atoms with Gasteiger partial charge in [-0.25, -0.2) is 9.97 Å². The van der Waals surface area contributed by atoms with Gasteiger partial charge in [0, 0.05) is 38.0 Å². The SMILES string of the molecule is Cn1c(NC2=CC(C(F)(F)F)=CN(CCO)C2O)nc2ncc(Oc3ccnc(NC(=O)C4CC4)c3)c(C#N)c21. The van der Waals surface area contributed by atoms with Crippen LogP contribution >= 0.6 is 0 Å². The van der Waals surface area contributed by atoms with Crippen molar-refractivity contribution < 1.29 is 32.9 Å². The van der Waals surface area contributed by atoms with Gasteiger partial charge in [0.15, 0.2) is 17.6 Å². The number of β-amino-alcohol motifs (C(OH)–C–C–N with tert-alkyl or cyclic N) is 1. The van der Waals surface area contributed by atoms with Crippen LogP contribution < -0.4 is 15.4 Å². The van der Waals surface area contributed by atoms with Crippen molar-refractivity contribution in [2.75, 3.05) is 23.8 Å². The van der Waals surface area contributed by atoms with E-state index in [1.54, 1.807) is 0 Å². The summed E-state index contributed by atoms with van der Waals surface area (Å²) in [5, 5.41) is 35.2. The fourth-order valence-electron chi connectivity index (χ4n) is 4.09. The zero-order chi connectivity index (χ0) is 28.6. The fourth-order valence-corrected chi connectivity index (χ4v) is 4.09. The van der Waals surface area contributed by atoms with Crippen LogP contribution in [0.3, 0.4) is 0 Å². The number of rotatable bonds is 8. The number of aliphatic hydroxyl groups excluding tert-OH is 2. The van der Waals surface area contributed by atoms with Gasteiger partial charge in [-0.3, -0.25) is 4.79 Å². The third-order valence-electron chi connectivity index (χ3n) is 6.28. The number of pyridine rings is 2. The Kier molecular flexibility index (Phi) is 7.04. The van der Waals surface area contributed by atoms with Crippen molar-refractivity contribution in [2.24, 2.45) is 13.0 Å². The summed E-state index contributed by atoms with van der Waals surface area (Å²) in [6, 6.07) is 5.09. The number of halogens is 3. The number of aromatic nitrogens is 4. The minimum atomic E-state index is -4.71. The number of imidazole rings is 1. The first kappa shape index (κ1) is 26.9. The second-order valence-corrected chi connectivity index (χ2v) is 9.16. The highest BCUT2D eigenvalue weighted by Gasteiger charge is 2.37. The number of hydrogen-bond acceptors (Lipinski definition) is 10. The molecule has 3 aromatic rings. The van der Waals surface area contributed by atoms with E-state index in [4.69, 9.17) is 4.74 Å². The average Bonchev–Trinajstić information content (AvgIpc) is 3.71. The van der Waals surface area contributed by atoms with Crippen molar-refractivity contribution >= 4 is 28.8 Å². The fraction of sp³-hybridized carbons (Fsp3) is 0.320. The minimum Gasteiger partial charge on any atom is -0.454 e. The maximum atomic E-state index is 13.5. The Hall–Kier alpha value is -4.68. The van der Waals surface area contributed by atoms with Gasteiger partial charge >= 0.3 is 6.18 Å². The van der Waals surface area contributed by atoms with E-state index in [1.807, 2.05) is 6.07 Å². The normalized spacial score (nSPS) is 17.2. The zero-order valence-corrected chi connectivity index (χ0v) is 21.0. The van der Waals surface area contributed by atoms with Gasteiger partial charge in [0.05, 0.1) is 24.1 Å². The quantitative estimate of drug-likeness (QED) is 0.325. The number of aliphatic hydroxyl groups is 2. The number of hydrogen-bond donors (Lipinski definition) is 4. The predicted octanol–water partition coefficient (Wildman–Crippen LogP) is 2.74. The Labute approximate surface area is 225 Å². The summed E-state index contributed by atoms with van der Waals surface area (Å²) in [5.41, 5.74) is -0.906. The van der Waals surface area contributed by atoms with E-state index >= 15 is 0 Å². The first-order chi connectivity index (χ1) is 19.1. The largest absolute Gasteiger partial charge is 0.454 e. The van der Waals surface area contributed by atoms with Crippen LogP contribution in [0.15, 0.2) is 48.1 Å². The Morgan fingerprint density at radius 1 is 1.32 bits per heavy atom. The molecule has 40 heavy (non-hydrogen) atoms. The average molecular weight is 557 g/mol. The lowest BCUT2D eigenvalue weighted by molar-refractivity contribution is -0.117. The van der Waals surface area contributed by atoms with Crippen molar-refractivity contribution in [3.05, 3.63) is 53.6 Å². The van der Waals surface area contributed by atoms with Crippen molar-refractivity contribution in [2.45, 2.75) is 25.2 Å². The van der Waals surface area contributed by atoms with Crippen LogP contribution in [0.1, 0.15) is 18.4 Å². The van der Waals surface area contributed by atoms with Crippen LogP contribution in [0, 0.1) is 17.2 Å². The first-order valence-corrected chi connectivity index (χ1v) is 12.1. The predicted molar refractivity (Wildman–Crippen MR) is 135 cm³/mol. The van der Waals surface area contributed by atoms with Gasteiger partial charge in [-0.15, -0.1) is 0 Å². The molecule has 4 heterocycles. The lowest BCUT2D eigenvalue weighted by atomic mass is 10.1. The monoisotopic (exact) mass is 556 g/mol. The molecule has 4 N–H and O–H groups in total. The van der Waals surface area contributed by atoms with Gasteiger partial charge in [0.25, 0.3) is 0 Å². The topological polar surface area (TPSA) is 161 Å². The summed E-state index contributed by atoms with van der Waals surface area (Å²) in [4.78, 5) is 25.6. The maximum Gasteiger partial charge on any atom is 0.417 e. The van der Waals surface area contributed by atoms with E-state index in [0.29, 0.717) is 0 Å². The van der Waals surface area contributed by atoms with Gasteiger partial charge in [-0.2, -0.15) is 23.4 Å². The highest BCUT2D eigenvalue weighted by molar-refractivity contribution is 5.93. The summed E-state index contributed by atoms with van der Waals surface area (Å²) < 4.78 is 47.7. The smallest absolute Gasteiger partial charge is 0.417 e. The molecule has 1 unspecified atom stereocenters. The molecule has 0 spiro atoms. The van der Waals surface area contributed by atoms with E-state index in [0.717, 1.165) is 30.0 Å². The molecule has 5 rings (SSSR count). The lowest BCUT2D eigenvalue weighted by Gasteiger charge is -2.32. The molecule has 0 radical (unpaired) electrons. The summed E-state index contributed by atoms with van der Waals surface area (Å²) in [6.45, 7) is -0.730. The number of aryl methyl sites for hydroxylation is 1. The number of allylic oxidation sites excluding steroid dienone is 2. The molecule has 12 nitrogen and oxygen atoms in total. The van der Waals surface area contributed by atoms with Crippen molar-refractivity contribution in [3.63, 3.8) is 0 Å². The van der Waals surface area contributed by atoms with Crippen LogP contribution in [-0.2, 0) is 11.8 Å². The maximum absolute atomic E-state index is 13.5. The number of carbonyl (C=O) groups excluding carboxylic acids is 1. The van der Waals surface area contributed by atoms with E-state index in [1.165, 1.54) is 36.1 Å². The molecule has 1 aliphatic heterocycles. The van der Waals surface area contributed by atoms with Crippen LogP contribution in [0.4, 0.5) is 24.9 Å². The minimum absolute atomic E-state index is 0.00260. The number of anilines is 2. The second-order valence-electron chi connectivity index (χ2n) is 9.16. The molecule has 0 bridgehead atoms. The Bertz CT molecular complexity index is 1570. The molecular formula is C25H23F3N8O4. The molecule has 0 aromatic carbocycles. The first-order valence-electron chi connectivity index (χ1n) is 12.1. The Balaban J connectivity index is 1.44. The summed E-state index contributed by atoms with van der Waals surface area (Å²) >= 11 is 0. The molecule has 1 fully saturated rings. The number of amides is 1. The van der Waals surface area contributed by atoms with Gasteiger partial charge in [0.1, 0.15) is 28.7 Å². The number of nitrogens with zero attached hydrogens (tertiary/aromatic N) is 6. The highest BCUT2D eigenvalue weighted by atomic mass is 19.4. The number of ether oxygens (including phenoxy) is 1. The molecule has 2 aliphatic rings. The lowest BCUT2D eigenvalue weighted by Crippen LogP contribution is -2.40. The summed E-state index contributed by atoms with van der Waals surface area (Å²) in [7, 11) is 1.52. The summed E-state index contributed by atoms with van der Waals surface area (Å²) in [6.07, 6.45) is -0.381. The molecule has 1 atom stereocenters. The molecule has 1 aliphatic carbocycles. The van der Waals surface area contributed by atoms with E-state index in [9.17, 15) is 33.4 Å². The van der Waals surface area contributed by atoms with Gasteiger partial charge in [0.2, 0.25) is 11.9 Å². The number of nitrogens with one attached hydrogen (secondary N) is 2. The van der Waals surface area contributed by atoms with Crippen molar-refractivity contribution in [1.29, 1.82) is 5.26 Å². The number of fused-ring (bicyclic) bond motifs is 1. The standard InChI is InChI=1S/C25H23F3N8O4/c1-35-20-16(10-29)18(40-15-4-5-30-19(9-15)33-22(38)13-2-3-13)11-31-21(20)34-24(35)32-17-8-14(25(26,27)28)12-36(6-7-37)23(17)39/h4-5,8-9,11-13,23,37,39H,2-3,6-7H2,1H3,(H,30,33,38)(H,31,32,34). The van der Waals surface area contributed by atoms with E-state index < -0.39 is 24.6 Å². The van der Waals surface area contributed by atoms with Crippen molar-refractivity contribution in [1.82, 2.24) is 24.4 Å². The third kappa shape index (κ3) is 5.40. The summed E-state index contributed by atoms with van der Waals surface area (Å²) in [5.74, 6) is 0.498. The molecule has 0 saturated heterocycles. The number of nitriles is 1. The molecule has 1 amide bonds. The number of alkyl halides is 3. The zero-order valence-electron chi connectivity index (χ0n) is 21.0. The van der Waals surface area contributed by atoms with E-state index in [-0.39, 0.29) is 64.1 Å². The van der Waals surface area contributed by atoms with E-state index in [2.05, 4.69) is 25.6 Å². The van der Waals surface area contributed by atoms with Gasteiger partial charge in [-0.1, -0.05) is 0 Å². The van der Waals surface area contributed by atoms with Crippen LogP contribution in [0.2, 0.25) is 0 Å². The second kappa shape index (κ2) is 10.5. The molecule has 1 saturated carbocycles. The molecule has 3 aromatic heterocycles. The van der Waals surface area contributed by atoms with Crippen LogP contribution in [-0.4, -0.2) is 66.1 Å². The van der Waals surface area contributed by atoms with Crippen LogP contribution in [0.5, 0.6) is 11.5 Å². The van der Waals surface area contributed by atoms with Crippen LogP contribution in [0.25, 0.3) is 11.2 Å². The van der Waals surface area contributed by atoms with Gasteiger partial charge in [-0.05, 0) is 25.0 Å².